The zero-order valence-electron chi connectivity index (χ0n) is 18.3. The molecule has 0 aromatic heterocycles. The lowest BCUT2D eigenvalue weighted by molar-refractivity contribution is -0.384. The molecule has 0 spiro atoms. The van der Waals surface area contributed by atoms with Crippen LogP contribution in [0.1, 0.15) is 23.7 Å². The lowest BCUT2D eigenvalue weighted by Crippen LogP contribution is -2.46. The van der Waals surface area contributed by atoms with E-state index in [9.17, 15) is 20.2 Å². The predicted molar refractivity (Wildman–Crippen MR) is 120 cm³/mol. The molecule has 3 saturated heterocycles. The number of hydrogen-bond acceptors (Lipinski definition) is 10. The Balaban J connectivity index is 1.33. The van der Waals surface area contributed by atoms with Gasteiger partial charge in [-0.3, -0.25) is 20.2 Å². The number of piperazine rings is 1. The number of nitro groups is 2. The maximum absolute atomic E-state index is 11.8. The molecule has 0 radical (unpaired) electrons. The second-order valence-corrected chi connectivity index (χ2v) is 8.13. The van der Waals surface area contributed by atoms with Crippen LogP contribution in [0, 0.1) is 20.2 Å². The number of anilines is 2. The Labute approximate surface area is 194 Å². The normalized spacial score (nSPS) is 19.6. The van der Waals surface area contributed by atoms with Crippen molar-refractivity contribution in [2.75, 3.05) is 62.4 Å². The van der Waals surface area contributed by atoms with Crippen LogP contribution < -0.4 is 9.80 Å². The summed E-state index contributed by atoms with van der Waals surface area (Å²) in [7, 11) is 0. The number of rotatable bonds is 6. The zero-order valence-corrected chi connectivity index (χ0v) is 18.3. The molecule has 12 heteroatoms. The molecule has 180 valence electrons. The molecule has 0 N–H and O–H groups in total. The third-order valence-corrected chi connectivity index (χ3v) is 6.14. The summed E-state index contributed by atoms with van der Waals surface area (Å²) in [6.45, 7) is 3.72. The largest absolute Gasteiger partial charge is 0.362 e. The van der Waals surface area contributed by atoms with Crippen LogP contribution in [0.5, 0.6) is 0 Å². The van der Waals surface area contributed by atoms with Crippen molar-refractivity contribution in [1.29, 1.82) is 0 Å². The Morgan fingerprint density at radius 2 is 1.00 bits per heavy atom. The highest BCUT2D eigenvalue weighted by Crippen LogP contribution is 2.37. The molecular weight excluding hydrogens is 448 g/mol. The summed E-state index contributed by atoms with van der Waals surface area (Å²) in [5.74, 6) is 0. The highest BCUT2D eigenvalue weighted by molar-refractivity contribution is 5.68. The molecule has 0 saturated carbocycles. The van der Waals surface area contributed by atoms with Crippen LogP contribution in [-0.2, 0) is 18.9 Å². The second kappa shape index (κ2) is 9.50. The van der Waals surface area contributed by atoms with E-state index >= 15 is 0 Å². The number of benzene rings is 2. The van der Waals surface area contributed by atoms with E-state index < -0.39 is 22.4 Å². The van der Waals surface area contributed by atoms with Gasteiger partial charge in [-0.05, 0) is 12.1 Å². The van der Waals surface area contributed by atoms with Crippen LogP contribution in [0.2, 0.25) is 0 Å². The van der Waals surface area contributed by atoms with E-state index in [0.717, 1.165) is 0 Å². The first kappa shape index (κ1) is 22.5. The molecule has 0 aliphatic carbocycles. The topological polar surface area (TPSA) is 130 Å². The van der Waals surface area contributed by atoms with Crippen molar-refractivity contribution in [3.63, 3.8) is 0 Å². The van der Waals surface area contributed by atoms with E-state index in [4.69, 9.17) is 18.9 Å². The van der Waals surface area contributed by atoms with Gasteiger partial charge in [-0.2, -0.15) is 0 Å². The van der Waals surface area contributed by atoms with E-state index in [1.807, 2.05) is 9.80 Å². The highest BCUT2D eigenvalue weighted by atomic mass is 16.7. The van der Waals surface area contributed by atoms with Crippen molar-refractivity contribution >= 4 is 22.7 Å². The lowest BCUT2D eigenvalue weighted by Gasteiger charge is -2.37. The minimum absolute atomic E-state index is 0.0167. The Morgan fingerprint density at radius 1 is 0.647 bits per heavy atom. The van der Waals surface area contributed by atoms with Crippen molar-refractivity contribution < 1.29 is 28.8 Å². The van der Waals surface area contributed by atoms with Crippen molar-refractivity contribution in [2.45, 2.75) is 12.6 Å². The van der Waals surface area contributed by atoms with Crippen molar-refractivity contribution in [1.82, 2.24) is 0 Å². The predicted octanol–water partition coefficient (Wildman–Crippen LogP) is 2.92. The molecule has 3 aliphatic heterocycles. The highest BCUT2D eigenvalue weighted by Gasteiger charge is 2.30. The van der Waals surface area contributed by atoms with Crippen molar-refractivity contribution in [2.24, 2.45) is 0 Å². The number of nitro benzene ring substituents is 2. The molecule has 3 fully saturated rings. The summed E-state index contributed by atoms with van der Waals surface area (Å²) in [5, 5.41) is 23.5. The first-order valence-electron chi connectivity index (χ1n) is 11.0. The van der Waals surface area contributed by atoms with Gasteiger partial charge in [-0.1, -0.05) is 12.1 Å². The standard InChI is InChI=1S/C22H24N4O8/c27-25(28)19-13-15(21-31-9-10-32-21)1-3-17(19)23-5-7-24(8-6-23)18-4-2-16(14-20(18)26(29)30)22-33-11-12-34-22/h1-4,13-14,21-22H,5-12H2. The lowest BCUT2D eigenvalue weighted by atomic mass is 10.1. The number of hydrogen-bond donors (Lipinski definition) is 0. The van der Waals surface area contributed by atoms with Crippen LogP contribution in [0.15, 0.2) is 36.4 Å². The average molecular weight is 472 g/mol. The zero-order chi connectivity index (χ0) is 23.7. The van der Waals surface area contributed by atoms with Crippen LogP contribution in [0.3, 0.4) is 0 Å². The van der Waals surface area contributed by atoms with E-state index in [1.54, 1.807) is 24.3 Å². The third-order valence-electron chi connectivity index (χ3n) is 6.14. The fraction of sp³-hybridized carbons (Fsp3) is 0.455. The van der Waals surface area contributed by atoms with Crippen LogP contribution in [0.4, 0.5) is 22.7 Å². The van der Waals surface area contributed by atoms with E-state index in [-0.39, 0.29) is 11.4 Å². The van der Waals surface area contributed by atoms with Crippen molar-refractivity contribution in [3.05, 3.63) is 67.8 Å². The Kier molecular flexibility index (Phi) is 6.28. The van der Waals surface area contributed by atoms with Gasteiger partial charge in [0.2, 0.25) is 0 Å². The SMILES string of the molecule is O=[N+]([O-])c1cc(C2OCCO2)ccc1N1CCN(c2ccc(C3OCCO3)cc2[N+](=O)[O-])CC1. The minimum Gasteiger partial charge on any atom is -0.362 e. The molecule has 2 aromatic carbocycles. The van der Waals surface area contributed by atoms with E-state index in [2.05, 4.69) is 0 Å². The van der Waals surface area contributed by atoms with Gasteiger partial charge in [0.05, 0.1) is 36.3 Å². The van der Waals surface area contributed by atoms with Crippen LogP contribution >= 0.6 is 0 Å². The van der Waals surface area contributed by atoms with Gasteiger partial charge in [0, 0.05) is 49.4 Å². The summed E-state index contributed by atoms with van der Waals surface area (Å²) < 4.78 is 21.8. The molecule has 12 nitrogen and oxygen atoms in total. The van der Waals surface area contributed by atoms with Gasteiger partial charge >= 0.3 is 0 Å². The molecule has 0 unspecified atom stereocenters. The van der Waals surface area contributed by atoms with Gasteiger partial charge in [0.1, 0.15) is 11.4 Å². The maximum atomic E-state index is 11.8. The molecule has 5 rings (SSSR count). The average Bonchev–Trinajstić information content (AvgIpc) is 3.58. The number of ether oxygens (including phenoxy) is 4. The summed E-state index contributed by atoms with van der Waals surface area (Å²) in [4.78, 5) is 26.6. The first-order chi connectivity index (χ1) is 16.5. The maximum Gasteiger partial charge on any atom is 0.292 e. The van der Waals surface area contributed by atoms with Gasteiger partial charge in [0.25, 0.3) is 11.4 Å². The monoisotopic (exact) mass is 472 g/mol. The van der Waals surface area contributed by atoms with Gasteiger partial charge in [-0.15, -0.1) is 0 Å². The van der Waals surface area contributed by atoms with Gasteiger partial charge in [-0.25, -0.2) is 0 Å². The second-order valence-electron chi connectivity index (χ2n) is 8.13. The van der Waals surface area contributed by atoms with Gasteiger partial charge < -0.3 is 28.7 Å². The quantitative estimate of drug-likeness (QED) is 0.457. The smallest absolute Gasteiger partial charge is 0.292 e. The van der Waals surface area contributed by atoms with Gasteiger partial charge in [0.15, 0.2) is 12.6 Å². The molecule has 3 aliphatic rings. The molecule has 0 atom stereocenters. The molecule has 3 heterocycles. The summed E-state index contributed by atoms with van der Waals surface area (Å²) >= 11 is 0. The van der Waals surface area contributed by atoms with Crippen LogP contribution in [0.25, 0.3) is 0 Å². The number of nitrogens with zero attached hydrogens (tertiary/aromatic N) is 4. The Hall–Kier alpha value is -3.32. The Bertz CT molecular complexity index is 991. The molecule has 34 heavy (non-hydrogen) atoms. The summed E-state index contributed by atoms with van der Waals surface area (Å²) in [5.41, 5.74) is 2.20. The van der Waals surface area contributed by atoms with E-state index in [1.165, 1.54) is 12.1 Å². The molecule has 2 aromatic rings. The molecule has 0 amide bonds. The first-order valence-corrected chi connectivity index (χ1v) is 11.0. The fourth-order valence-electron chi connectivity index (χ4n) is 4.49. The molecular formula is C22H24N4O8. The summed E-state index contributed by atoms with van der Waals surface area (Å²) in [6, 6.07) is 9.98. The molecule has 0 bridgehead atoms. The minimum atomic E-state index is -0.590. The van der Waals surface area contributed by atoms with Crippen LogP contribution in [-0.4, -0.2) is 62.5 Å². The van der Waals surface area contributed by atoms with Crippen molar-refractivity contribution in [3.8, 4) is 0 Å². The van der Waals surface area contributed by atoms with E-state index in [0.29, 0.717) is 75.1 Å². The third kappa shape index (κ3) is 4.40. The summed E-state index contributed by atoms with van der Waals surface area (Å²) in [6.07, 6.45) is -1.18. The Morgan fingerprint density at radius 3 is 1.32 bits per heavy atom. The fourth-order valence-corrected chi connectivity index (χ4v) is 4.49.